The third-order valence-corrected chi connectivity index (χ3v) is 6.02. The van der Waals surface area contributed by atoms with Crippen molar-refractivity contribution in [3.8, 4) is 0 Å². The van der Waals surface area contributed by atoms with Gasteiger partial charge in [0.25, 0.3) is 5.92 Å². The highest BCUT2D eigenvalue weighted by molar-refractivity contribution is 8.16. The molecule has 2 unspecified atom stereocenters. The van der Waals surface area contributed by atoms with Crippen LogP contribution in [0.4, 0.5) is 13.2 Å². The lowest BCUT2D eigenvalue weighted by molar-refractivity contribution is -0.128. The number of hydrogen-bond donors (Lipinski definition) is 3. The van der Waals surface area contributed by atoms with Gasteiger partial charge in [0.2, 0.25) is 11.8 Å². The Kier molecular flexibility index (Phi) is 5.48. The lowest BCUT2D eigenvalue weighted by Crippen LogP contribution is -2.51. The first kappa shape index (κ1) is 21.0. The van der Waals surface area contributed by atoms with E-state index in [9.17, 15) is 14.0 Å². The summed E-state index contributed by atoms with van der Waals surface area (Å²) >= 11 is 0.611. The van der Waals surface area contributed by atoms with Crippen LogP contribution < -0.4 is 16.4 Å². The molecule has 3 rings (SSSR count). The van der Waals surface area contributed by atoms with Gasteiger partial charge in [-0.1, -0.05) is 23.9 Å². The highest BCUT2D eigenvalue weighted by Crippen LogP contribution is 2.49. The molecular formula is C19H19F3N4O2S. The Morgan fingerprint density at radius 3 is 2.62 bits per heavy atom. The van der Waals surface area contributed by atoms with Crippen LogP contribution in [0.25, 0.3) is 0 Å². The van der Waals surface area contributed by atoms with Crippen LogP contribution in [0.15, 0.2) is 53.2 Å². The molecule has 154 valence electrons. The van der Waals surface area contributed by atoms with Gasteiger partial charge in [-0.25, -0.2) is 4.39 Å². The molecule has 29 heavy (non-hydrogen) atoms. The highest BCUT2D eigenvalue weighted by Gasteiger charge is 2.62. The lowest BCUT2D eigenvalue weighted by Gasteiger charge is -2.32. The van der Waals surface area contributed by atoms with E-state index in [1.165, 1.54) is 30.5 Å². The van der Waals surface area contributed by atoms with E-state index in [4.69, 9.17) is 5.73 Å². The molecule has 2 heterocycles. The van der Waals surface area contributed by atoms with Crippen molar-refractivity contribution in [3.05, 3.63) is 59.6 Å². The van der Waals surface area contributed by atoms with E-state index in [0.717, 1.165) is 19.1 Å². The Labute approximate surface area is 169 Å². The number of amidine groups is 1. The number of halogens is 3. The van der Waals surface area contributed by atoms with Gasteiger partial charge < -0.3 is 16.4 Å². The van der Waals surface area contributed by atoms with Crippen LogP contribution >= 0.6 is 11.8 Å². The number of nitrogens with zero attached hydrogens (tertiary/aromatic N) is 1. The third kappa shape index (κ3) is 3.89. The molecule has 10 heteroatoms. The number of dihydropyridines is 1. The van der Waals surface area contributed by atoms with Crippen LogP contribution in [0.5, 0.6) is 0 Å². The largest absolute Gasteiger partial charge is 0.377 e. The van der Waals surface area contributed by atoms with Gasteiger partial charge in [-0.05, 0) is 49.9 Å². The smallest absolute Gasteiger partial charge is 0.296 e. The number of amides is 2. The van der Waals surface area contributed by atoms with Gasteiger partial charge in [-0.2, -0.15) is 8.78 Å². The standard InChI is InChI=1S/C19H19F3N4O2S/c1-10(11-3-5-13(20)6-4-11)25-17-26-16(28)18(2,29-17)19(21,22)12-7-8-24-14(9-12)15(23)27/h3-10,14,24H,1-2H3,(H2,23,27)(H,25,26,28)/t10-,14?,18?/m0/s1. The molecular weight excluding hydrogens is 405 g/mol. The maximum atomic E-state index is 15.3. The van der Waals surface area contributed by atoms with Crippen LogP contribution in [0.2, 0.25) is 0 Å². The fourth-order valence-electron chi connectivity index (χ4n) is 2.91. The molecule has 4 N–H and O–H groups in total. The van der Waals surface area contributed by atoms with Crippen molar-refractivity contribution in [2.75, 3.05) is 0 Å². The number of primary amides is 1. The molecule has 2 aliphatic rings. The van der Waals surface area contributed by atoms with E-state index >= 15 is 8.78 Å². The molecule has 2 aliphatic heterocycles. The monoisotopic (exact) mass is 424 g/mol. The normalized spacial score (nSPS) is 26.7. The maximum Gasteiger partial charge on any atom is 0.296 e. The van der Waals surface area contributed by atoms with Crippen molar-refractivity contribution in [2.45, 2.75) is 36.6 Å². The molecule has 0 spiro atoms. The quantitative estimate of drug-likeness (QED) is 0.676. The minimum absolute atomic E-state index is 0.0407. The summed E-state index contributed by atoms with van der Waals surface area (Å²) in [5.41, 5.74) is 5.36. The fraction of sp³-hybridized carbons (Fsp3) is 0.316. The van der Waals surface area contributed by atoms with Gasteiger partial charge in [0.05, 0.1) is 6.04 Å². The second-order valence-electron chi connectivity index (χ2n) is 6.83. The van der Waals surface area contributed by atoms with E-state index in [0.29, 0.717) is 17.3 Å². The van der Waals surface area contributed by atoms with Gasteiger partial charge in [0.1, 0.15) is 11.9 Å². The van der Waals surface area contributed by atoms with Gasteiger partial charge in [0, 0.05) is 5.57 Å². The van der Waals surface area contributed by atoms with Gasteiger partial charge >= 0.3 is 0 Å². The molecule has 0 saturated carbocycles. The zero-order valence-corrected chi connectivity index (χ0v) is 16.4. The summed E-state index contributed by atoms with van der Waals surface area (Å²) in [7, 11) is 0. The Morgan fingerprint density at radius 1 is 1.34 bits per heavy atom. The van der Waals surface area contributed by atoms with Crippen molar-refractivity contribution in [1.29, 1.82) is 0 Å². The molecule has 1 fully saturated rings. The van der Waals surface area contributed by atoms with Crippen LogP contribution in [0.3, 0.4) is 0 Å². The zero-order chi connectivity index (χ0) is 21.4. The Hall–Kier alpha value is -2.75. The summed E-state index contributed by atoms with van der Waals surface area (Å²) < 4.78 is 41.5. The third-order valence-electron chi connectivity index (χ3n) is 4.77. The number of alkyl halides is 2. The van der Waals surface area contributed by atoms with Crippen molar-refractivity contribution in [2.24, 2.45) is 10.7 Å². The summed E-state index contributed by atoms with van der Waals surface area (Å²) in [6.45, 7) is 2.82. The number of carbonyl (C=O) groups excluding carboxylic acids is 2. The molecule has 0 aromatic heterocycles. The molecule has 0 radical (unpaired) electrons. The summed E-state index contributed by atoms with van der Waals surface area (Å²) in [4.78, 5) is 28.1. The predicted molar refractivity (Wildman–Crippen MR) is 105 cm³/mol. The Morgan fingerprint density at radius 2 is 2.00 bits per heavy atom. The zero-order valence-electron chi connectivity index (χ0n) is 15.6. The molecule has 3 atom stereocenters. The number of carbonyl (C=O) groups is 2. The van der Waals surface area contributed by atoms with Crippen LogP contribution in [-0.2, 0) is 9.59 Å². The van der Waals surface area contributed by atoms with Gasteiger partial charge in [0.15, 0.2) is 9.91 Å². The lowest BCUT2D eigenvalue weighted by atomic mass is 9.91. The summed E-state index contributed by atoms with van der Waals surface area (Å²) in [6.07, 6.45) is 3.32. The minimum atomic E-state index is -3.61. The van der Waals surface area contributed by atoms with E-state index in [1.54, 1.807) is 6.92 Å². The first-order valence-corrected chi connectivity index (χ1v) is 9.52. The van der Waals surface area contributed by atoms with Crippen molar-refractivity contribution >= 4 is 28.7 Å². The number of rotatable bonds is 5. The average Bonchev–Trinajstić information content (AvgIpc) is 2.97. The van der Waals surface area contributed by atoms with Crippen molar-refractivity contribution < 1.29 is 22.8 Å². The van der Waals surface area contributed by atoms with Crippen LogP contribution in [0, 0.1) is 5.82 Å². The number of allylic oxidation sites excluding steroid dienone is 2. The average molecular weight is 424 g/mol. The number of nitrogens with one attached hydrogen (secondary N) is 2. The molecule has 1 aromatic carbocycles. The molecule has 1 aromatic rings. The first-order chi connectivity index (χ1) is 13.5. The molecule has 0 aliphatic carbocycles. The SMILES string of the molecule is C[C@H](N=C1NC(=O)C(C)(C(F)(F)C2=CC(C(N)=O)NC=C2)S1)c1ccc(F)cc1. The first-order valence-electron chi connectivity index (χ1n) is 8.70. The van der Waals surface area contributed by atoms with Gasteiger partial charge in [-0.15, -0.1) is 0 Å². The number of benzene rings is 1. The summed E-state index contributed by atoms with van der Waals surface area (Å²) in [5, 5.41) is 5.01. The minimum Gasteiger partial charge on any atom is -0.377 e. The second-order valence-corrected chi connectivity index (χ2v) is 8.23. The molecule has 0 bridgehead atoms. The highest BCUT2D eigenvalue weighted by atomic mass is 32.2. The predicted octanol–water partition coefficient (Wildman–Crippen LogP) is 2.40. The van der Waals surface area contributed by atoms with Crippen molar-refractivity contribution in [3.63, 3.8) is 0 Å². The number of nitrogens with two attached hydrogens (primary N) is 1. The summed E-state index contributed by atoms with van der Waals surface area (Å²) in [5.74, 6) is -5.72. The molecule has 1 saturated heterocycles. The summed E-state index contributed by atoms with van der Waals surface area (Å²) in [6, 6.07) is 4.05. The van der Waals surface area contributed by atoms with Crippen LogP contribution in [0.1, 0.15) is 25.5 Å². The van der Waals surface area contributed by atoms with Gasteiger partial charge in [-0.3, -0.25) is 14.6 Å². The molecule has 6 nitrogen and oxygen atoms in total. The fourth-order valence-corrected chi connectivity index (χ4v) is 4.04. The number of hydrogen-bond acceptors (Lipinski definition) is 5. The van der Waals surface area contributed by atoms with E-state index in [2.05, 4.69) is 15.6 Å². The van der Waals surface area contributed by atoms with E-state index in [-0.39, 0.29) is 5.17 Å². The Bertz CT molecular complexity index is 930. The molecule has 2 amide bonds. The number of thioether (sulfide) groups is 1. The number of aliphatic imine (C=N–C) groups is 1. The Balaban J connectivity index is 1.86. The van der Waals surface area contributed by atoms with Crippen LogP contribution in [-0.4, -0.2) is 33.7 Å². The second kappa shape index (κ2) is 7.58. The van der Waals surface area contributed by atoms with E-state index < -0.39 is 46.0 Å². The van der Waals surface area contributed by atoms with Crippen molar-refractivity contribution in [1.82, 2.24) is 10.6 Å². The van der Waals surface area contributed by atoms with E-state index in [1.807, 2.05) is 0 Å². The maximum absolute atomic E-state index is 15.3. The topological polar surface area (TPSA) is 96.6 Å².